The van der Waals surface area contributed by atoms with Gasteiger partial charge in [0.25, 0.3) is 5.91 Å². The van der Waals surface area contributed by atoms with Gasteiger partial charge in [0.05, 0.1) is 5.52 Å². The van der Waals surface area contributed by atoms with E-state index in [-0.39, 0.29) is 11.8 Å². The van der Waals surface area contributed by atoms with E-state index in [2.05, 4.69) is 48.3 Å². The number of rotatable bonds is 4. The SMILES string of the molecule is Cc1cc(Cc2ccccc2)cc(C2CCN(C(=O)c3cccc4ncccc34)C2)n1. The maximum absolute atomic E-state index is 13.3. The molecule has 0 saturated carbocycles. The van der Waals surface area contributed by atoms with E-state index in [1.54, 1.807) is 6.20 Å². The molecule has 0 aliphatic carbocycles. The Morgan fingerprint density at radius 1 is 1.00 bits per heavy atom. The third-order valence-corrected chi connectivity index (χ3v) is 6.05. The predicted octanol–water partition coefficient (Wildman–Crippen LogP) is 5.16. The zero-order valence-corrected chi connectivity index (χ0v) is 17.7. The van der Waals surface area contributed by atoms with Crippen LogP contribution in [0.15, 0.2) is 79.0 Å². The fraction of sp³-hybridized carbons (Fsp3) is 0.222. The molecule has 1 aliphatic rings. The lowest BCUT2D eigenvalue weighted by Gasteiger charge is -2.18. The number of carbonyl (C=O) groups is 1. The molecule has 1 unspecified atom stereocenters. The van der Waals surface area contributed by atoms with Gasteiger partial charge in [-0.3, -0.25) is 14.8 Å². The Balaban J connectivity index is 1.36. The van der Waals surface area contributed by atoms with Crippen molar-refractivity contribution >= 4 is 16.8 Å². The van der Waals surface area contributed by atoms with Gasteiger partial charge in [0.1, 0.15) is 0 Å². The van der Waals surface area contributed by atoms with Crippen molar-refractivity contribution in [2.45, 2.75) is 25.7 Å². The van der Waals surface area contributed by atoms with Crippen LogP contribution >= 0.6 is 0 Å². The first-order valence-corrected chi connectivity index (χ1v) is 10.8. The number of pyridine rings is 2. The summed E-state index contributed by atoms with van der Waals surface area (Å²) >= 11 is 0. The highest BCUT2D eigenvalue weighted by molar-refractivity contribution is 6.06. The van der Waals surface area contributed by atoms with E-state index in [0.717, 1.165) is 47.2 Å². The number of nitrogens with zero attached hydrogens (tertiary/aromatic N) is 3. The Morgan fingerprint density at radius 3 is 2.74 bits per heavy atom. The lowest BCUT2D eigenvalue weighted by Crippen LogP contribution is -2.28. The smallest absolute Gasteiger partial charge is 0.254 e. The largest absolute Gasteiger partial charge is 0.338 e. The first-order valence-electron chi connectivity index (χ1n) is 10.8. The van der Waals surface area contributed by atoms with Crippen molar-refractivity contribution in [2.75, 3.05) is 13.1 Å². The molecule has 1 atom stereocenters. The summed E-state index contributed by atoms with van der Waals surface area (Å²) < 4.78 is 0. The van der Waals surface area contributed by atoms with Gasteiger partial charge < -0.3 is 4.90 Å². The Hall–Kier alpha value is -3.53. The summed E-state index contributed by atoms with van der Waals surface area (Å²) in [5.74, 6) is 0.352. The van der Waals surface area contributed by atoms with Crippen molar-refractivity contribution in [3.63, 3.8) is 0 Å². The van der Waals surface area contributed by atoms with Crippen LogP contribution in [0.4, 0.5) is 0 Å². The number of aromatic nitrogens is 2. The molecule has 1 aliphatic heterocycles. The molecule has 1 fully saturated rings. The van der Waals surface area contributed by atoms with E-state index in [1.807, 2.05) is 41.3 Å². The third-order valence-electron chi connectivity index (χ3n) is 6.05. The molecule has 2 aromatic heterocycles. The van der Waals surface area contributed by atoms with Gasteiger partial charge in [-0.15, -0.1) is 0 Å². The summed E-state index contributed by atoms with van der Waals surface area (Å²) in [6, 6.07) is 24.5. The predicted molar refractivity (Wildman–Crippen MR) is 123 cm³/mol. The van der Waals surface area contributed by atoms with Gasteiger partial charge in [-0.1, -0.05) is 42.5 Å². The van der Waals surface area contributed by atoms with Gasteiger partial charge in [-0.05, 0) is 61.2 Å². The average molecular weight is 408 g/mol. The lowest BCUT2D eigenvalue weighted by molar-refractivity contribution is 0.0792. The van der Waals surface area contributed by atoms with Crippen LogP contribution < -0.4 is 0 Å². The molecule has 0 bridgehead atoms. The van der Waals surface area contributed by atoms with Crippen molar-refractivity contribution in [3.8, 4) is 0 Å². The fourth-order valence-electron chi connectivity index (χ4n) is 4.56. The van der Waals surface area contributed by atoms with Gasteiger partial charge in [-0.25, -0.2) is 0 Å². The molecule has 0 radical (unpaired) electrons. The number of hydrogen-bond acceptors (Lipinski definition) is 3. The third kappa shape index (κ3) is 4.06. The Morgan fingerprint density at radius 2 is 1.87 bits per heavy atom. The van der Waals surface area contributed by atoms with Gasteiger partial charge >= 0.3 is 0 Å². The molecule has 4 nitrogen and oxygen atoms in total. The van der Waals surface area contributed by atoms with Crippen molar-refractivity contribution < 1.29 is 4.79 Å². The van der Waals surface area contributed by atoms with Gasteiger partial charge in [-0.2, -0.15) is 0 Å². The summed E-state index contributed by atoms with van der Waals surface area (Å²) in [7, 11) is 0. The highest BCUT2D eigenvalue weighted by Gasteiger charge is 2.29. The molecule has 3 heterocycles. The number of hydrogen-bond donors (Lipinski definition) is 0. The van der Waals surface area contributed by atoms with Crippen LogP contribution in [0.5, 0.6) is 0 Å². The molecular weight excluding hydrogens is 382 g/mol. The van der Waals surface area contributed by atoms with E-state index >= 15 is 0 Å². The summed E-state index contributed by atoms with van der Waals surface area (Å²) in [5.41, 5.74) is 6.29. The first-order chi connectivity index (χ1) is 15.2. The van der Waals surface area contributed by atoms with Crippen LogP contribution in [-0.2, 0) is 6.42 Å². The molecule has 5 rings (SSSR count). The van der Waals surface area contributed by atoms with Crippen LogP contribution in [0.3, 0.4) is 0 Å². The molecular formula is C27H25N3O. The minimum absolute atomic E-state index is 0.0817. The number of likely N-dealkylation sites (tertiary alicyclic amines) is 1. The van der Waals surface area contributed by atoms with E-state index in [1.165, 1.54) is 11.1 Å². The van der Waals surface area contributed by atoms with E-state index in [0.29, 0.717) is 6.54 Å². The van der Waals surface area contributed by atoms with Crippen LogP contribution in [0, 0.1) is 6.92 Å². The molecule has 154 valence electrons. The van der Waals surface area contributed by atoms with Crippen LogP contribution in [0.25, 0.3) is 10.9 Å². The van der Waals surface area contributed by atoms with Crippen molar-refractivity contribution in [1.29, 1.82) is 0 Å². The highest BCUT2D eigenvalue weighted by atomic mass is 16.2. The minimum atomic E-state index is 0.0817. The maximum Gasteiger partial charge on any atom is 0.254 e. The first kappa shape index (κ1) is 19.4. The van der Waals surface area contributed by atoms with E-state index < -0.39 is 0 Å². The van der Waals surface area contributed by atoms with Gasteiger partial charge in [0, 0.05) is 47.5 Å². The Kier molecular flexibility index (Phi) is 5.21. The molecule has 0 spiro atoms. The topological polar surface area (TPSA) is 46.1 Å². The highest BCUT2D eigenvalue weighted by Crippen LogP contribution is 2.29. The number of benzene rings is 2. The number of carbonyl (C=O) groups excluding carboxylic acids is 1. The summed E-state index contributed by atoms with van der Waals surface area (Å²) in [5, 5.41) is 0.914. The standard InChI is InChI=1S/C27H25N3O/c1-19-15-21(16-20-7-3-2-4-8-20)17-26(29-19)22-12-14-30(18-22)27(31)24-9-5-11-25-23(24)10-6-13-28-25/h2-11,13,15,17,22H,12,14,16,18H2,1H3. The number of aryl methyl sites for hydroxylation is 1. The molecule has 4 aromatic rings. The summed E-state index contributed by atoms with van der Waals surface area (Å²) in [6.07, 6.45) is 3.60. The van der Waals surface area contributed by atoms with Crippen LogP contribution in [-0.4, -0.2) is 33.9 Å². The van der Waals surface area contributed by atoms with Crippen LogP contribution in [0.2, 0.25) is 0 Å². The molecule has 31 heavy (non-hydrogen) atoms. The zero-order valence-electron chi connectivity index (χ0n) is 17.7. The average Bonchev–Trinajstić information content (AvgIpc) is 3.29. The zero-order chi connectivity index (χ0) is 21.2. The Bertz CT molecular complexity index is 1230. The molecule has 1 amide bonds. The molecule has 2 aromatic carbocycles. The summed E-state index contributed by atoms with van der Waals surface area (Å²) in [6.45, 7) is 3.51. The van der Waals surface area contributed by atoms with Crippen LogP contribution in [0.1, 0.15) is 45.2 Å². The van der Waals surface area contributed by atoms with Gasteiger partial charge in [0.15, 0.2) is 0 Å². The number of amides is 1. The second kappa shape index (κ2) is 8.31. The Labute approximate surface area is 182 Å². The van der Waals surface area contributed by atoms with E-state index in [9.17, 15) is 4.79 Å². The van der Waals surface area contributed by atoms with Crippen molar-refractivity contribution in [3.05, 3.63) is 107 Å². The summed E-state index contributed by atoms with van der Waals surface area (Å²) in [4.78, 5) is 24.5. The fourth-order valence-corrected chi connectivity index (χ4v) is 4.56. The van der Waals surface area contributed by atoms with Crippen molar-refractivity contribution in [1.82, 2.24) is 14.9 Å². The minimum Gasteiger partial charge on any atom is -0.338 e. The molecule has 1 saturated heterocycles. The van der Waals surface area contributed by atoms with E-state index in [4.69, 9.17) is 4.98 Å². The second-order valence-electron chi connectivity index (χ2n) is 8.32. The molecule has 0 N–H and O–H groups in total. The second-order valence-corrected chi connectivity index (χ2v) is 8.32. The lowest BCUT2D eigenvalue weighted by atomic mass is 9.98. The van der Waals surface area contributed by atoms with Gasteiger partial charge in [0.2, 0.25) is 0 Å². The van der Waals surface area contributed by atoms with Crippen molar-refractivity contribution in [2.24, 2.45) is 0 Å². The molecule has 4 heteroatoms. The maximum atomic E-state index is 13.3. The monoisotopic (exact) mass is 407 g/mol. The normalized spacial score (nSPS) is 16.0. The number of fused-ring (bicyclic) bond motifs is 1. The quantitative estimate of drug-likeness (QED) is 0.469.